The molecule has 0 saturated heterocycles. The first-order valence-corrected chi connectivity index (χ1v) is 12.1. The second-order valence-electron chi connectivity index (χ2n) is 8.78. The molecule has 32 heavy (non-hydrogen) atoms. The van der Waals surface area contributed by atoms with Gasteiger partial charge in [-0.2, -0.15) is 13.2 Å². The van der Waals surface area contributed by atoms with Crippen LogP contribution in [0.3, 0.4) is 0 Å². The summed E-state index contributed by atoms with van der Waals surface area (Å²) in [7, 11) is 4.12. The summed E-state index contributed by atoms with van der Waals surface area (Å²) in [4.78, 5) is 4.41. The lowest BCUT2D eigenvalue weighted by atomic mass is 9.92. The van der Waals surface area contributed by atoms with E-state index in [4.69, 9.17) is 17.0 Å². The SMILES string of the molecule is CCCCCN(C)CCCOC1CCC(N(C)C(=S)Nc2ccc(C(F)(F)F)cc2)CC1. The second-order valence-corrected chi connectivity index (χ2v) is 9.17. The molecule has 0 bridgehead atoms. The van der Waals surface area contributed by atoms with E-state index in [2.05, 4.69) is 24.2 Å². The largest absolute Gasteiger partial charge is 0.416 e. The molecule has 1 aromatic rings. The molecule has 0 unspecified atom stereocenters. The van der Waals surface area contributed by atoms with Gasteiger partial charge in [0, 0.05) is 31.9 Å². The molecule has 0 aromatic heterocycles. The number of thiocarbonyl (C=S) groups is 1. The van der Waals surface area contributed by atoms with E-state index in [1.165, 1.54) is 31.4 Å². The minimum atomic E-state index is -4.33. The number of nitrogens with zero attached hydrogens (tertiary/aromatic N) is 2. The van der Waals surface area contributed by atoms with E-state index in [0.717, 1.165) is 63.9 Å². The Morgan fingerprint density at radius 3 is 2.25 bits per heavy atom. The smallest absolute Gasteiger partial charge is 0.378 e. The first-order chi connectivity index (χ1) is 15.2. The van der Waals surface area contributed by atoms with Crippen molar-refractivity contribution < 1.29 is 17.9 Å². The molecule has 2 rings (SSSR count). The number of rotatable bonds is 11. The predicted molar refractivity (Wildman–Crippen MR) is 129 cm³/mol. The monoisotopic (exact) mass is 473 g/mol. The molecule has 0 heterocycles. The lowest BCUT2D eigenvalue weighted by molar-refractivity contribution is -0.137. The molecule has 1 saturated carbocycles. The van der Waals surface area contributed by atoms with Crippen LogP contribution in [0.4, 0.5) is 18.9 Å². The van der Waals surface area contributed by atoms with Crippen LogP contribution < -0.4 is 5.32 Å². The highest BCUT2D eigenvalue weighted by atomic mass is 32.1. The van der Waals surface area contributed by atoms with Gasteiger partial charge in [0.2, 0.25) is 0 Å². The van der Waals surface area contributed by atoms with Crippen LogP contribution in [0.25, 0.3) is 0 Å². The summed E-state index contributed by atoms with van der Waals surface area (Å²) >= 11 is 5.48. The molecule has 1 aromatic carbocycles. The molecule has 1 aliphatic carbocycles. The van der Waals surface area contributed by atoms with Crippen LogP contribution in [-0.2, 0) is 10.9 Å². The number of benzene rings is 1. The van der Waals surface area contributed by atoms with E-state index in [-0.39, 0.29) is 0 Å². The van der Waals surface area contributed by atoms with Crippen LogP contribution >= 0.6 is 12.2 Å². The third kappa shape index (κ3) is 9.24. The summed E-state index contributed by atoms with van der Waals surface area (Å²) in [6.45, 7) is 5.26. The summed E-state index contributed by atoms with van der Waals surface area (Å²) in [5, 5.41) is 3.58. The minimum absolute atomic E-state index is 0.307. The Morgan fingerprint density at radius 1 is 1.03 bits per heavy atom. The number of anilines is 1. The number of hydrogen-bond acceptors (Lipinski definition) is 3. The van der Waals surface area contributed by atoms with E-state index in [0.29, 0.717) is 22.9 Å². The van der Waals surface area contributed by atoms with Crippen molar-refractivity contribution in [3.8, 4) is 0 Å². The molecule has 4 nitrogen and oxygen atoms in total. The lowest BCUT2D eigenvalue weighted by Crippen LogP contribution is -2.42. The Hall–Kier alpha value is -1.38. The van der Waals surface area contributed by atoms with Gasteiger partial charge in [0.15, 0.2) is 5.11 Å². The third-order valence-corrected chi connectivity index (χ3v) is 6.55. The molecule has 0 spiro atoms. The normalized spacial score (nSPS) is 19.2. The van der Waals surface area contributed by atoms with Gasteiger partial charge in [-0.05, 0) is 88.6 Å². The third-order valence-electron chi connectivity index (χ3n) is 6.16. The van der Waals surface area contributed by atoms with Gasteiger partial charge in [-0.3, -0.25) is 0 Å². The molecule has 1 N–H and O–H groups in total. The summed E-state index contributed by atoms with van der Waals surface area (Å²) in [6, 6.07) is 5.27. The molecule has 1 aliphatic rings. The van der Waals surface area contributed by atoms with Crippen molar-refractivity contribution in [1.29, 1.82) is 0 Å². The first kappa shape index (κ1) is 26.9. The van der Waals surface area contributed by atoms with Crippen LogP contribution in [-0.4, -0.2) is 60.8 Å². The molecular formula is C24H38F3N3OS. The quantitative estimate of drug-likeness (QED) is 0.306. The Labute approximate surface area is 196 Å². The van der Waals surface area contributed by atoms with E-state index in [1.807, 2.05) is 11.9 Å². The lowest BCUT2D eigenvalue weighted by Gasteiger charge is -2.36. The zero-order chi connectivity index (χ0) is 23.6. The van der Waals surface area contributed by atoms with E-state index < -0.39 is 11.7 Å². The second kappa shape index (κ2) is 13.4. The number of halogens is 3. The fourth-order valence-electron chi connectivity index (χ4n) is 4.05. The molecule has 0 aliphatic heterocycles. The van der Waals surface area contributed by atoms with Gasteiger partial charge >= 0.3 is 6.18 Å². The molecule has 0 atom stereocenters. The van der Waals surface area contributed by atoms with Gasteiger partial charge in [-0.15, -0.1) is 0 Å². The molecule has 182 valence electrons. The van der Waals surface area contributed by atoms with Crippen LogP contribution in [0.15, 0.2) is 24.3 Å². The average molecular weight is 474 g/mol. The zero-order valence-electron chi connectivity index (χ0n) is 19.6. The van der Waals surface area contributed by atoms with Crippen LogP contribution in [0.5, 0.6) is 0 Å². The molecule has 1 fully saturated rings. The van der Waals surface area contributed by atoms with Crippen molar-refractivity contribution in [2.24, 2.45) is 0 Å². The average Bonchev–Trinajstić information content (AvgIpc) is 2.76. The van der Waals surface area contributed by atoms with Crippen LogP contribution in [0.2, 0.25) is 0 Å². The number of alkyl halides is 3. The van der Waals surface area contributed by atoms with Gasteiger partial charge in [0.05, 0.1) is 11.7 Å². The highest BCUT2D eigenvalue weighted by molar-refractivity contribution is 7.80. The van der Waals surface area contributed by atoms with Crippen LogP contribution in [0.1, 0.15) is 63.9 Å². The van der Waals surface area contributed by atoms with Crippen molar-refractivity contribution in [3.05, 3.63) is 29.8 Å². The van der Waals surface area contributed by atoms with Gasteiger partial charge in [0.25, 0.3) is 0 Å². The van der Waals surface area contributed by atoms with Crippen molar-refractivity contribution in [2.75, 3.05) is 39.1 Å². The number of ether oxygens (including phenoxy) is 1. The van der Waals surface area contributed by atoms with E-state index in [9.17, 15) is 13.2 Å². The minimum Gasteiger partial charge on any atom is -0.378 e. The Balaban J connectivity index is 1.65. The first-order valence-electron chi connectivity index (χ1n) is 11.7. The predicted octanol–water partition coefficient (Wildman–Crippen LogP) is 6.17. The van der Waals surface area contributed by atoms with E-state index in [1.54, 1.807) is 0 Å². The van der Waals surface area contributed by atoms with Gasteiger partial charge in [-0.1, -0.05) is 19.8 Å². The standard InChI is InChI=1S/C24H38F3N3OS/c1-4-5-6-16-29(2)17-7-18-31-22-14-12-21(13-15-22)30(3)23(32)28-20-10-8-19(9-11-20)24(25,26)27/h8-11,21-22H,4-7,12-18H2,1-3H3,(H,28,32). The van der Waals surface area contributed by atoms with Gasteiger partial charge < -0.3 is 19.9 Å². The number of unbranched alkanes of at least 4 members (excludes halogenated alkanes) is 2. The maximum atomic E-state index is 12.7. The van der Waals surface area contributed by atoms with Crippen molar-refractivity contribution in [3.63, 3.8) is 0 Å². The van der Waals surface area contributed by atoms with Gasteiger partial charge in [-0.25, -0.2) is 0 Å². The summed E-state index contributed by atoms with van der Waals surface area (Å²) in [5.74, 6) is 0. The highest BCUT2D eigenvalue weighted by Gasteiger charge is 2.30. The fraction of sp³-hybridized carbons (Fsp3) is 0.708. The van der Waals surface area contributed by atoms with Crippen LogP contribution in [0, 0.1) is 0 Å². The van der Waals surface area contributed by atoms with Gasteiger partial charge in [0.1, 0.15) is 0 Å². The van der Waals surface area contributed by atoms with Crippen molar-refractivity contribution >= 4 is 23.0 Å². The molecule has 0 radical (unpaired) electrons. The Bertz CT molecular complexity index is 676. The topological polar surface area (TPSA) is 27.7 Å². The molecule has 8 heteroatoms. The maximum Gasteiger partial charge on any atom is 0.416 e. The molecule has 0 amide bonds. The van der Waals surface area contributed by atoms with E-state index >= 15 is 0 Å². The number of hydrogen-bond donors (Lipinski definition) is 1. The van der Waals surface area contributed by atoms with Crippen molar-refractivity contribution in [2.45, 2.75) is 76.6 Å². The molecular weight excluding hydrogens is 435 g/mol. The van der Waals surface area contributed by atoms with Crippen molar-refractivity contribution in [1.82, 2.24) is 9.80 Å². The zero-order valence-corrected chi connectivity index (χ0v) is 20.4. The Morgan fingerprint density at radius 2 is 1.66 bits per heavy atom. The summed E-state index contributed by atoms with van der Waals surface area (Å²) < 4.78 is 44.2. The highest BCUT2D eigenvalue weighted by Crippen LogP contribution is 2.30. The maximum absolute atomic E-state index is 12.7. The summed E-state index contributed by atoms with van der Waals surface area (Å²) in [5.41, 5.74) is -0.102. The number of nitrogens with one attached hydrogen (secondary N) is 1. The summed E-state index contributed by atoms with van der Waals surface area (Å²) in [6.07, 6.45) is 4.84. The Kier molecular flexibility index (Phi) is 11.2. The fourth-order valence-corrected chi connectivity index (χ4v) is 4.31.